The van der Waals surface area contributed by atoms with Gasteiger partial charge in [-0.1, -0.05) is 44.1 Å². The van der Waals surface area contributed by atoms with Gasteiger partial charge in [0.25, 0.3) is 0 Å². The highest BCUT2D eigenvalue weighted by Crippen LogP contribution is 2.64. The van der Waals surface area contributed by atoms with Crippen LogP contribution in [0.3, 0.4) is 0 Å². The molecule has 0 aromatic heterocycles. The predicted octanol–water partition coefficient (Wildman–Crippen LogP) is 5.06. The summed E-state index contributed by atoms with van der Waals surface area (Å²) < 4.78 is 0. The number of Topliss-reactive ketones (excluding diaryl/α,β-unsaturated/α-hetero) is 1. The molecule has 2 saturated carbocycles. The second-order valence-electron chi connectivity index (χ2n) is 9.42. The van der Waals surface area contributed by atoms with E-state index in [0.29, 0.717) is 17.6 Å². The molecule has 4 aliphatic rings. The molecule has 0 bridgehead atoms. The van der Waals surface area contributed by atoms with Crippen LogP contribution in [-0.2, 0) is 9.59 Å². The third-order valence-electron chi connectivity index (χ3n) is 7.86. The summed E-state index contributed by atoms with van der Waals surface area (Å²) in [6.07, 6.45) is 13.6. The van der Waals surface area contributed by atoms with Crippen LogP contribution in [0.5, 0.6) is 0 Å². The SMILES string of the molecule is CC(C)C(=O)[C@H]1CC[C@H]2[C@@H]3CCC4=CC(=O)C=C[C@]4(C)C3=CC[C@]12C. The summed E-state index contributed by atoms with van der Waals surface area (Å²) in [5.74, 6) is 2.15. The Hall–Kier alpha value is -1.44. The standard InChI is InChI=1S/C23H30O2/c1-14(2)21(25)20-8-7-18-17-6-5-15-13-16(24)9-11-22(15,3)19(17)10-12-23(18,20)4/h9-11,13-14,17-18,20H,5-8,12H2,1-4H3/t17-,18-,20+,22-,23-/m0/s1. The minimum Gasteiger partial charge on any atom is -0.299 e. The normalized spacial score (nSPS) is 42.4. The van der Waals surface area contributed by atoms with E-state index in [1.807, 2.05) is 19.9 Å². The van der Waals surface area contributed by atoms with Crippen LogP contribution in [0, 0.1) is 34.5 Å². The van der Waals surface area contributed by atoms with Gasteiger partial charge in [-0.15, -0.1) is 0 Å². The lowest BCUT2D eigenvalue weighted by Crippen LogP contribution is -2.45. The van der Waals surface area contributed by atoms with E-state index in [9.17, 15) is 9.59 Å². The summed E-state index contributed by atoms with van der Waals surface area (Å²) in [5, 5.41) is 0. The van der Waals surface area contributed by atoms with Gasteiger partial charge in [0.15, 0.2) is 5.78 Å². The summed E-state index contributed by atoms with van der Waals surface area (Å²) in [7, 11) is 0. The van der Waals surface area contributed by atoms with E-state index in [1.165, 1.54) is 17.6 Å². The molecule has 0 N–H and O–H groups in total. The average Bonchev–Trinajstić information content (AvgIpc) is 2.92. The van der Waals surface area contributed by atoms with Gasteiger partial charge in [-0.05, 0) is 68.4 Å². The molecule has 5 atom stereocenters. The Morgan fingerprint density at radius 1 is 1.20 bits per heavy atom. The number of rotatable bonds is 2. The topological polar surface area (TPSA) is 34.1 Å². The molecular weight excluding hydrogens is 308 g/mol. The van der Waals surface area contributed by atoms with Gasteiger partial charge in [-0.3, -0.25) is 9.59 Å². The average molecular weight is 338 g/mol. The van der Waals surface area contributed by atoms with E-state index in [1.54, 1.807) is 6.08 Å². The van der Waals surface area contributed by atoms with E-state index < -0.39 is 0 Å². The number of fused-ring (bicyclic) bond motifs is 5. The Kier molecular flexibility index (Phi) is 3.76. The van der Waals surface area contributed by atoms with Gasteiger partial charge in [-0.25, -0.2) is 0 Å². The second-order valence-corrected chi connectivity index (χ2v) is 9.42. The van der Waals surface area contributed by atoms with Crippen molar-refractivity contribution >= 4 is 11.6 Å². The van der Waals surface area contributed by atoms with Crippen LogP contribution in [0.15, 0.2) is 35.5 Å². The van der Waals surface area contributed by atoms with Gasteiger partial charge in [-0.2, -0.15) is 0 Å². The highest BCUT2D eigenvalue weighted by atomic mass is 16.1. The van der Waals surface area contributed by atoms with Crippen molar-refractivity contribution in [2.75, 3.05) is 0 Å². The maximum Gasteiger partial charge on any atom is 0.178 e. The lowest BCUT2D eigenvalue weighted by atomic mass is 9.52. The molecule has 2 fully saturated rings. The lowest BCUT2D eigenvalue weighted by Gasteiger charge is -2.52. The fourth-order valence-corrected chi connectivity index (χ4v) is 6.39. The number of ketones is 2. The van der Waals surface area contributed by atoms with Crippen molar-refractivity contribution in [2.45, 2.75) is 59.8 Å². The molecule has 0 amide bonds. The molecule has 2 heteroatoms. The number of carbonyl (C=O) groups excluding carboxylic acids is 2. The monoisotopic (exact) mass is 338 g/mol. The first-order valence-corrected chi connectivity index (χ1v) is 9.96. The Labute approximate surface area is 151 Å². The van der Waals surface area contributed by atoms with Crippen molar-refractivity contribution in [2.24, 2.45) is 34.5 Å². The first-order chi connectivity index (χ1) is 11.8. The number of hydrogen-bond acceptors (Lipinski definition) is 2. The fraction of sp³-hybridized carbons (Fsp3) is 0.652. The van der Waals surface area contributed by atoms with Gasteiger partial charge in [0.1, 0.15) is 5.78 Å². The maximum atomic E-state index is 12.8. The molecule has 4 rings (SSSR count). The Morgan fingerprint density at radius 3 is 2.68 bits per heavy atom. The molecular formula is C23H30O2. The van der Waals surface area contributed by atoms with E-state index in [2.05, 4.69) is 26.0 Å². The Balaban J connectivity index is 1.72. The van der Waals surface area contributed by atoms with E-state index in [4.69, 9.17) is 0 Å². The minimum atomic E-state index is -0.0711. The van der Waals surface area contributed by atoms with Crippen LogP contribution in [0.2, 0.25) is 0 Å². The molecule has 0 radical (unpaired) electrons. The molecule has 4 aliphatic carbocycles. The highest BCUT2D eigenvalue weighted by Gasteiger charge is 2.56. The van der Waals surface area contributed by atoms with Crippen LogP contribution in [0.1, 0.15) is 59.8 Å². The molecule has 0 unspecified atom stereocenters. The zero-order valence-corrected chi connectivity index (χ0v) is 16.0. The third kappa shape index (κ3) is 2.29. The fourth-order valence-electron chi connectivity index (χ4n) is 6.39. The molecule has 0 aromatic rings. The molecule has 2 nitrogen and oxygen atoms in total. The molecule has 0 aliphatic heterocycles. The molecule has 134 valence electrons. The van der Waals surface area contributed by atoms with Gasteiger partial charge in [0.2, 0.25) is 0 Å². The lowest BCUT2D eigenvalue weighted by molar-refractivity contribution is -0.130. The van der Waals surface area contributed by atoms with Crippen molar-refractivity contribution in [3.63, 3.8) is 0 Å². The van der Waals surface area contributed by atoms with Gasteiger partial charge < -0.3 is 0 Å². The van der Waals surface area contributed by atoms with Crippen LogP contribution >= 0.6 is 0 Å². The van der Waals surface area contributed by atoms with Crippen LogP contribution in [0.25, 0.3) is 0 Å². The molecule has 0 heterocycles. The zero-order chi connectivity index (χ0) is 18.0. The largest absolute Gasteiger partial charge is 0.299 e. The smallest absolute Gasteiger partial charge is 0.178 e. The minimum absolute atomic E-state index is 0.0711. The van der Waals surface area contributed by atoms with Crippen molar-refractivity contribution in [1.29, 1.82) is 0 Å². The quantitative estimate of drug-likeness (QED) is 0.660. The van der Waals surface area contributed by atoms with E-state index >= 15 is 0 Å². The highest BCUT2D eigenvalue weighted by molar-refractivity contribution is 6.01. The first kappa shape index (κ1) is 17.0. The summed E-state index contributed by atoms with van der Waals surface area (Å²) in [6, 6.07) is 0. The van der Waals surface area contributed by atoms with Crippen molar-refractivity contribution in [3.05, 3.63) is 35.5 Å². The summed E-state index contributed by atoms with van der Waals surface area (Å²) >= 11 is 0. The van der Waals surface area contributed by atoms with Crippen LogP contribution in [-0.4, -0.2) is 11.6 Å². The van der Waals surface area contributed by atoms with E-state index in [0.717, 1.165) is 25.7 Å². The van der Waals surface area contributed by atoms with Crippen molar-refractivity contribution < 1.29 is 9.59 Å². The number of carbonyl (C=O) groups is 2. The van der Waals surface area contributed by atoms with Gasteiger partial charge in [0.05, 0.1) is 0 Å². The summed E-state index contributed by atoms with van der Waals surface area (Å²) in [5.41, 5.74) is 2.87. The second kappa shape index (κ2) is 5.53. The van der Waals surface area contributed by atoms with Crippen LogP contribution in [0.4, 0.5) is 0 Å². The predicted molar refractivity (Wildman–Crippen MR) is 99.9 cm³/mol. The van der Waals surface area contributed by atoms with Gasteiger partial charge in [0, 0.05) is 17.3 Å². The zero-order valence-electron chi connectivity index (χ0n) is 16.0. The number of hydrogen-bond donors (Lipinski definition) is 0. The first-order valence-electron chi connectivity index (χ1n) is 9.96. The number of allylic oxidation sites excluding steroid dienone is 6. The molecule has 0 saturated heterocycles. The molecule has 0 spiro atoms. The molecule has 0 aromatic carbocycles. The van der Waals surface area contributed by atoms with Crippen LogP contribution < -0.4 is 0 Å². The summed E-state index contributed by atoms with van der Waals surface area (Å²) in [4.78, 5) is 24.6. The molecule has 25 heavy (non-hydrogen) atoms. The van der Waals surface area contributed by atoms with Gasteiger partial charge >= 0.3 is 0 Å². The van der Waals surface area contributed by atoms with Crippen molar-refractivity contribution in [3.8, 4) is 0 Å². The summed E-state index contributed by atoms with van der Waals surface area (Å²) in [6.45, 7) is 8.75. The maximum absolute atomic E-state index is 12.8. The van der Waals surface area contributed by atoms with E-state index in [-0.39, 0.29) is 28.4 Å². The van der Waals surface area contributed by atoms with Crippen molar-refractivity contribution in [1.82, 2.24) is 0 Å². The Bertz CT molecular complexity index is 722. The third-order valence-corrected chi connectivity index (χ3v) is 7.86. The Morgan fingerprint density at radius 2 is 1.96 bits per heavy atom.